The lowest BCUT2D eigenvalue weighted by atomic mass is 9.64. The fourth-order valence-electron chi connectivity index (χ4n) is 3.43. The predicted molar refractivity (Wildman–Crippen MR) is 112 cm³/mol. The second-order valence-corrected chi connectivity index (χ2v) is 7.67. The Hall–Kier alpha value is -3.05. The Morgan fingerprint density at radius 1 is 1.34 bits per heavy atom. The Bertz CT molecular complexity index is 916. The summed E-state index contributed by atoms with van der Waals surface area (Å²) in [5.74, 6) is 2.32. The lowest BCUT2D eigenvalue weighted by Crippen LogP contribution is -2.57. The summed E-state index contributed by atoms with van der Waals surface area (Å²) in [6.07, 6.45) is 2.46. The van der Waals surface area contributed by atoms with Gasteiger partial charge in [-0.25, -0.2) is 4.98 Å². The van der Waals surface area contributed by atoms with Crippen molar-refractivity contribution < 1.29 is 16.0 Å². The van der Waals surface area contributed by atoms with Gasteiger partial charge >= 0.3 is 0 Å². The molecule has 1 aromatic carbocycles. The number of hydrogen-bond donors (Lipinski definition) is 3. The summed E-state index contributed by atoms with van der Waals surface area (Å²) < 4.78 is 10.8. The Kier molecular flexibility index (Phi) is 6.09. The summed E-state index contributed by atoms with van der Waals surface area (Å²) in [4.78, 5) is 8.70. The van der Waals surface area contributed by atoms with Gasteiger partial charge in [-0.3, -0.25) is 0 Å². The highest BCUT2D eigenvalue weighted by Crippen LogP contribution is 2.42. The number of para-hydroxylation sites is 1. The van der Waals surface area contributed by atoms with Gasteiger partial charge in [0.25, 0.3) is 0 Å². The highest BCUT2D eigenvalue weighted by atomic mass is 16.5. The summed E-state index contributed by atoms with van der Waals surface area (Å²) in [5.41, 5.74) is 1.12. The van der Waals surface area contributed by atoms with E-state index in [4.69, 9.17) is 9.47 Å². The van der Waals surface area contributed by atoms with Crippen molar-refractivity contribution in [2.75, 3.05) is 31.4 Å². The molecule has 3 rings (SSSR count). The summed E-state index contributed by atoms with van der Waals surface area (Å²) in [7, 11) is 3.23. The molecule has 1 fully saturated rings. The highest BCUT2D eigenvalue weighted by molar-refractivity contribution is 5.54. The van der Waals surface area contributed by atoms with Crippen LogP contribution < -0.4 is 20.1 Å². The number of nitrogens with zero attached hydrogens (tertiary/aromatic N) is 3. The van der Waals surface area contributed by atoms with Gasteiger partial charge in [-0.1, -0.05) is 26.0 Å². The van der Waals surface area contributed by atoms with Crippen molar-refractivity contribution in [3.63, 3.8) is 0 Å². The number of nitrogens with one attached hydrogen (secondary N) is 2. The minimum Gasteiger partial charge on any atom is -0.493 e. The predicted octanol–water partition coefficient (Wildman–Crippen LogP) is 2.84. The molecule has 29 heavy (non-hydrogen) atoms. The summed E-state index contributed by atoms with van der Waals surface area (Å²) in [6, 6.07) is 7.93. The molecule has 0 bridgehead atoms. The van der Waals surface area contributed by atoms with Gasteiger partial charge in [-0.15, -0.1) is 0 Å². The number of aromatic nitrogens is 2. The van der Waals surface area contributed by atoms with Crippen LogP contribution in [-0.4, -0.2) is 48.0 Å². The van der Waals surface area contributed by atoms with Gasteiger partial charge in [0.15, 0.2) is 11.5 Å². The van der Waals surface area contributed by atoms with Crippen LogP contribution in [0.1, 0.15) is 32.8 Å². The maximum atomic E-state index is 9.94. The maximum absolute atomic E-state index is 9.94. The van der Waals surface area contributed by atoms with Crippen molar-refractivity contribution >= 4 is 11.8 Å². The van der Waals surface area contributed by atoms with E-state index in [1.165, 1.54) is 6.20 Å². The summed E-state index contributed by atoms with van der Waals surface area (Å²) >= 11 is 0. The molecule has 0 unspecified atom stereocenters. The normalized spacial score (nSPS) is 19.6. The van der Waals surface area contributed by atoms with Gasteiger partial charge in [0.1, 0.15) is 17.5 Å². The van der Waals surface area contributed by atoms with Gasteiger partial charge in [-0.05, 0) is 24.5 Å². The molecule has 8 nitrogen and oxygen atoms in total. The minimum atomic E-state index is -0.359. The van der Waals surface area contributed by atoms with Crippen LogP contribution in [0.25, 0.3) is 0 Å². The van der Waals surface area contributed by atoms with Crippen molar-refractivity contribution in [1.29, 1.82) is 5.26 Å². The molecule has 8 heteroatoms. The van der Waals surface area contributed by atoms with Crippen LogP contribution in [0, 0.1) is 16.7 Å². The molecule has 0 radical (unpaired) electrons. The Balaban J connectivity index is 0.00000320. The molecule has 0 spiro atoms. The van der Waals surface area contributed by atoms with Crippen molar-refractivity contribution in [3.05, 3.63) is 35.5 Å². The zero-order valence-corrected chi connectivity index (χ0v) is 17.2. The smallest absolute Gasteiger partial charge is 0.224 e. The molecule has 1 aliphatic carbocycles. The van der Waals surface area contributed by atoms with Crippen molar-refractivity contribution in [2.45, 2.75) is 38.8 Å². The maximum Gasteiger partial charge on any atom is 0.224 e. The zero-order valence-electron chi connectivity index (χ0n) is 17.2. The molecule has 0 aliphatic heterocycles. The number of aliphatic hydroxyl groups is 1. The van der Waals surface area contributed by atoms with E-state index in [-0.39, 0.29) is 19.0 Å². The minimum absolute atomic E-state index is 0. The Morgan fingerprint density at radius 2 is 2.14 bits per heavy atom. The van der Waals surface area contributed by atoms with E-state index in [1.807, 2.05) is 32.0 Å². The molecule has 1 saturated carbocycles. The van der Waals surface area contributed by atoms with Crippen molar-refractivity contribution in [3.8, 4) is 17.6 Å². The number of anilines is 2. The molecule has 1 aliphatic rings. The number of aliphatic hydroxyl groups excluding tert-OH is 1. The summed E-state index contributed by atoms with van der Waals surface area (Å²) in [5, 5.41) is 25.8. The van der Waals surface area contributed by atoms with E-state index in [0.717, 1.165) is 5.56 Å². The molecule has 1 heterocycles. The molecular formula is C21H29N5O3. The molecule has 3 N–H and O–H groups in total. The molecule has 2 aromatic rings. The average Bonchev–Trinajstić information content (AvgIpc) is 2.73. The van der Waals surface area contributed by atoms with E-state index in [1.54, 1.807) is 14.2 Å². The highest BCUT2D eigenvalue weighted by Gasteiger charge is 2.47. The fraction of sp³-hybridized carbons (Fsp3) is 0.476. The molecule has 156 valence electrons. The van der Waals surface area contributed by atoms with Crippen LogP contribution in [-0.2, 0) is 6.42 Å². The standard InChI is InChI=1S/C21H27N5O3.H2/c1-21(2)16(10-17(21)27)25-19-14(11-22)12-24-20(26-19)23-9-8-13-6-5-7-15(28-3)18(13)29-4;/h5-7,12,16-17,27H,8-10H2,1-4H3,(H2,23,24,25,26);1H/t16-,17+;/m1./s1. The van der Waals surface area contributed by atoms with Crippen LogP contribution in [0.15, 0.2) is 24.4 Å². The number of nitriles is 1. The second-order valence-electron chi connectivity index (χ2n) is 7.67. The van der Waals surface area contributed by atoms with Crippen LogP contribution in [0.5, 0.6) is 11.5 Å². The van der Waals surface area contributed by atoms with Crippen molar-refractivity contribution in [1.82, 2.24) is 9.97 Å². The van der Waals surface area contributed by atoms with E-state index in [9.17, 15) is 10.4 Å². The van der Waals surface area contributed by atoms with Crippen LogP contribution >= 0.6 is 0 Å². The van der Waals surface area contributed by atoms with E-state index < -0.39 is 0 Å². The molecule has 0 amide bonds. The summed E-state index contributed by atoms with van der Waals surface area (Å²) in [6.45, 7) is 4.57. The second kappa shape index (κ2) is 8.53. The monoisotopic (exact) mass is 399 g/mol. The fourth-order valence-corrected chi connectivity index (χ4v) is 3.43. The van der Waals surface area contributed by atoms with Gasteiger partial charge in [0, 0.05) is 19.4 Å². The first-order chi connectivity index (χ1) is 13.9. The third-order valence-corrected chi connectivity index (χ3v) is 5.60. The molecule has 0 saturated heterocycles. The molecule has 2 atom stereocenters. The van der Waals surface area contributed by atoms with Gasteiger partial charge < -0.3 is 25.2 Å². The third-order valence-electron chi connectivity index (χ3n) is 5.60. The molecular weight excluding hydrogens is 370 g/mol. The lowest BCUT2D eigenvalue weighted by molar-refractivity contribution is -0.0511. The van der Waals surface area contributed by atoms with E-state index in [2.05, 4.69) is 26.7 Å². The first kappa shape index (κ1) is 20.7. The van der Waals surface area contributed by atoms with Gasteiger partial charge in [-0.2, -0.15) is 10.2 Å². The quantitative estimate of drug-likeness (QED) is 0.621. The first-order valence-corrected chi connectivity index (χ1v) is 9.56. The number of rotatable bonds is 8. The number of ether oxygens (including phenoxy) is 2. The topological polar surface area (TPSA) is 112 Å². The number of benzene rings is 1. The number of hydrogen-bond acceptors (Lipinski definition) is 8. The lowest BCUT2D eigenvalue weighted by Gasteiger charge is -2.49. The van der Waals surface area contributed by atoms with E-state index >= 15 is 0 Å². The van der Waals surface area contributed by atoms with Crippen LogP contribution in [0.4, 0.5) is 11.8 Å². The average molecular weight is 399 g/mol. The molecule has 1 aromatic heterocycles. The third kappa shape index (κ3) is 4.20. The van der Waals surface area contributed by atoms with Gasteiger partial charge in [0.05, 0.1) is 26.5 Å². The first-order valence-electron chi connectivity index (χ1n) is 9.56. The number of methoxy groups -OCH3 is 2. The van der Waals surface area contributed by atoms with E-state index in [0.29, 0.717) is 48.2 Å². The largest absolute Gasteiger partial charge is 0.493 e. The van der Waals surface area contributed by atoms with Crippen molar-refractivity contribution in [2.24, 2.45) is 5.41 Å². The Morgan fingerprint density at radius 3 is 2.76 bits per heavy atom. The Labute approximate surface area is 172 Å². The van der Waals surface area contributed by atoms with Crippen LogP contribution in [0.2, 0.25) is 0 Å². The SMILES string of the molecule is COc1cccc(CCNc2ncc(C#N)c(N[C@@H]3C[C@H](O)C3(C)C)n2)c1OC.[HH]. The van der Waals surface area contributed by atoms with Gasteiger partial charge in [0.2, 0.25) is 5.95 Å². The van der Waals surface area contributed by atoms with Crippen LogP contribution in [0.3, 0.4) is 0 Å². The zero-order chi connectivity index (χ0) is 21.0.